The van der Waals surface area contributed by atoms with Crippen LogP contribution < -0.4 is 10.6 Å². The molecule has 156 valence electrons. The van der Waals surface area contributed by atoms with Gasteiger partial charge >= 0.3 is 6.09 Å². The Morgan fingerprint density at radius 3 is 2.66 bits per heavy atom. The molecule has 1 aliphatic rings. The third kappa shape index (κ3) is 5.37. The molecule has 1 saturated heterocycles. The van der Waals surface area contributed by atoms with E-state index in [-0.39, 0.29) is 12.1 Å². The number of aryl methyl sites for hydroxylation is 3. The third-order valence-electron chi connectivity index (χ3n) is 5.20. The molecule has 1 aliphatic heterocycles. The lowest BCUT2D eigenvalue weighted by atomic mass is 10.1. The Morgan fingerprint density at radius 2 is 1.97 bits per heavy atom. The number of rotatable bonds is 6. The van der Waals surface area contributed by atoms with Crippen molar-refractivity contribution in [1.82, 2.24) is 14.9 Å². The molecule has 1 aromatic heterocycles. The van der Waals surface area contributed by atoms with Gasteiger partial charge in [-0.05, 0) is 51.2 Å². The number of hydrogen-bond acceptors (Lipinski definition) is 6. The van der Waals surface area contributed by atoms with E-state index in [2.05, 4.69) is 52.6 Å². The highest BCUT2D eigenvalue weighted by molar-refractivity contribution is 5.68. The fourth-order valence-corrected chi connectivity index (χ4v) is 3.63. The first-order chi connectivity index (χ1) is 14.0. The molecule has 1 aromatic carbocycles. The van der Waals surface area contributed by atoms with E-state index in [9.17, 15) is 4.79 Å². The second-order valence-corrected chi connectivity index (χ2v) is 7.41. The second kappa shape index (κ2) is 9.58. The molecule has 0 unspecified atom stereocenters. The van der Waals surface area contributed by atoms with Crippen molar-refractivity contribution in [2.75, 3.05) is 30.3 Å². The van der Waals surface area contributed by atoms with Gasteiger partial charge in [-0.1, -0.05) is 25.1 Å². The molecule has 2 N–H and O–H groups in total. The summed E-state index contributed by atoms with van der Waals surface area (Å²) in [5, 5.41) is 6.93. The van der Waals surface area contributed by atoms with Gasteiger partial charge in [0.1, 0.15) is 5.82 Å². The zero-order valence-electron chi connectivity index (χ0n) is 17.8. The quantitative estimate of drug-likeness (QED) is 0.751. The highest BCUT2D eigenvalue weighted by Gasteiger charge is 2.24. The first kappa shape index (κ1) is 20.9. The Bertz CT molecular complexity index is 847. The SMILES string of the molecule is CCOC(=O)N1CCC(Nc2nc(C)cc(Nc3c(C)cccc3CC)n2)CC1. The monoisotopic (exact) mass is 397 g/mol. The van der Waals surface area contributed by atoms with Gasteiger partial charge in [0.15, 0.2) is 0 Å². The normalized spacial score (nSPS) is 14.6. The van der Waals surface area contributed by atoms with Gasteiger partial charge in [-0.15, -0.1) is 0 Å². The third-order valence-corrected chi connectivity index (χ3v) is 5.20. The number of aromatic nitrogens is 2. The van der Waals surface area contributed by atoms with Crippen LogP contribution in [0.2, 0.25) is 0 Å². The minimum absolute atomic E-state index is 0.228. The molecule has 1 amide bonds. The van der Waals surface area contributed by atoms with Crippen LogP contribution in [0, 0.1) is 13.8 Å². The highest BCUT2D eigenvalue weighted by Crippen LogP contribution is 2.25. The van der Waals surface area contributed by atoms with Gasteiger partial charge < -0.3 is 20.3 Å². The predicted molar refractivity (Wildman–Crippen MR) is 116 cm³/mol. The minimum atomic E-state index is -0.228. The number of nitrogens with zero attached hydrogens (tertiary/aromatic N) is 3. The van der Waals surface area contributed by atoms with Crippen LogP contribution in [0.25, 0.3) is 0 Å². The van der Waals surface area contributed by atoms with Gasteiger partial charge in [-0.25, -0.2) is 9.78 Å². The molecule has 0 radical (unpaired) electrons. The number of piperidine rings is 1. The molecule has 2 heterocycles. The van der Waals surface area contributed by atoms with Gasteiger partial charge in [0.25, 0.3) is 0 Å². The lowest BCUT2D eigenvalue weighted by Crippen LogP contribution is -2.42. The minimum Gasteiger partial charge on any atom is -0.450 e. The molecule has 3 rings (SSSR count). The van der Waals surface area contributed by atoms with Crippen molar-refractivity contribution < 1.29 is 9.53 Å². The lowest BCUT2D eigenvalue weighted by Gasteiger charge is -2.31. The average molecular weight is 398 g/mol. The van der Waals surface area contributed by atoms with Crippen LogP contribution in [0.15, 0.2) is 24.3 Å². The highest BCUT2D eigenvalue weighted by atomic mass is 16.6. The summed E-state index contributed by atoms with van der Waals surface area (Å²) in [7, 11) is 0. The van der Waals surface area contributed by atoms with Crippen molar-refractivity contribution in [2.45, 2.75) is 53.0 Å². The Kier molecular flexibility index (Phi) is 6.90. The van der Waals surface area contributed by atoms with Gasteiger partial charge in [0, 0.05) is 36.6 Å². The predicted octanol–water partition coefficient (Wildman–Crippen LogP) is 4.43. The van der Waals surface area contributed by atoms with Crippen LogP contribution in [-0.4, -0.2) is 46.7 Å². The molecule has 7 heteroatoms. The van der Waals surface area contributed by atoms with Gasteiger partial charge in [0.2, 0.25) is 5.95 Å². The van der Waals surface area contributed by atoms with E-state index in [4.69, 9.17) is 4.74 Å². The van der Waals surface area contributed by atoms with Gasteiger partial charge in [-0.3, -0.25) is 0 Å². The molecule has 0 atom stereocenters. The summed E-state index contributed by atoms with van der Waals surface area (Å²) >= 11 is 0. The zero-order chi connectivity index (χ0) is 20.8. The van der Waals surface area contributed by atoms with E-state index in [0.717, 1.165) is 36.5 Å². The second-order valence-electron chi connectivity index (χ2n) is 7.41. The fraction of sp³-hybridized carbons (Fsp3) is 0.500. The summed E-state index contributed by atoms with van der Waals surface area (Å²) in [6.07, 6.45) is 2.42. The summed E-state index contributed by atoms with van der Waals surface area (Å²) in [5.74, 6) is 1.40. The summed E-state index contributed by atoms with van der Waals surface area (Å²) in [6.45, 7) is 9.82. The number of nitrogens with one attached hydrogen (secondary N) is 2. The van der Waals surface area contributed by atoms with Crippen molar-refractivity contribution in [1.29, 1.82) is 0 Å². The van der Waals surface area contributed by atoms with Gasteiger partial charge in [-0.2, -0.15) is 4.98 Å². The van der Waals surface area contributed by atoms with Crippen molar-refractivity contribution >= 4 is 23.5 Å². The van der Waals surface area contributed by atoms with Crippen molar-refractivity contribution in [3.63, 3.8) is 0 Å². The number of benzene rings is 1. The summed E-state index contributed by atoms with van der Waals surface area (Å²) < 4.78 is 5.09. The molecule has 0 bridgehead atoms. The standard InChI is InChI=1S/C22H31N5O2/c1-5-17-9-7-8-15(3)20(17)25-19-14-16(4)23-21(26-19)24-18-10-12-27(13-11-18)22(28)29-6-2/h7-9,14,18H,5-6,10-13H2,1-4H3,(H2,23,24,25,26). The Hall–Kier alpha value is -2.83. The van der Waals surface area contributed by atoms with E-state index in [1.54, 1.807) is 4.90 Å². The Labute approximate surface area is 172 Å². The van der Waals surface area contributed by atoms with Crippen LogP contribution in [0.5, 0.6) is 0 Å². The van der Waals surface area contributed by atoms with Crippen LogP contribution in [0.1, 0.15) is 43.5 Å². The number of carbonyl (C=O) groups excluding carboxylic acids is 1. The number of anilines is 3. The number of amides is 1. The zero-order valence-corrected chi connectivity index (χ0v) is 17.8. The molecular weight excluding hydrogens is 366 g/mol. The maximum Gasteiger partial charge on any atom is 0.409 e. The van der Waals surface area contributed by atoms with E-state index in [1.165, 1.54) is 11.1 Å². The lowest BCUT2D eigenvalue weighted by molar-refractivity contribution is 0.0983. The van der Waals surface area contributed by atoms with Crippen LogP contribution in [-0.2, 0) is 11.2 Å². The molecule has 29 heavy (non-hydrogen) atoms. The molecule has 0 aliphatic carbocycles. The van der Waals surface area contributed by atoms with Crippen molar-refractivity contribution in [2.24, 2.45) is 0 Å². The maximum atomic E-state index is 11.9. The number of hydrogen-bond donors (Lipinski definition) is 2. The molecule has 1 fully saturated rings. The first-order valence-corrected chi connectivity index (χ1v) is 10.4. The van der Waals surface area contributed by atoms with E-state index in [1.807, 2.05) is 19.9 Å². The fourth-order valence-electron chi connectivity index (χ4n) is 3.63. The van der Waals surface area contributed by atoms with Crippen molar-refractivity contribution in [3.05, 3.63) is 41.1 Å². The van der Waals surface area contributed by atoms with Crippen LogP contribution >= 0.6 is 0 Å². The molecule has 7 nitrogen and oxygen atoms in total. The first-order valence-electron chi connectivity index (χ1n) is 10.4. The smallest absolute Gasteiger partial charge is 0.409 e. The van der Waals surface area contributed by atoms with E-state index >= 15 is 0 Å². The number of carbonyl (C=O) groups is 1. The summed E-state index contributed by atoms with van der Waals surface area (Å²) in [6, 6.07) is 8.52. The maximum absolute atomic E-state index is 11.9. The summed E-state index contributed by atoms with van der Waals surface area (Å²) in [5.41, 5.74) is 4.48. The topological polar surface area (TPSA) is 79.4 Å². The number of para-hydroxylation sites is 1. The molecule has 2 aromatic rings. The average Bonchev–Trinajstić information content (AvgIpc) is 2.70. The van der Waals surface area contributed by atoms with E-state index < -0.39 is 0 Å². The molecule has 0 saturated carbocycles. The Balaban J connectivity index is 1.67. The summed E-state index contributed by atoms with van der Waals surface area (Å²) in [4.78, 5) is 22.9. The number of ether oxygens (including phenoxy) is 1. The molecular formula is C22H31N5O2. The largest absolute Gasteiger partial charge is 0.450 e. The Morgan fingerprint density at radius 1 is 1.21 bits per heavy atom. The van der Waals surface area contributed by atoms with E-state index in [0.29, 0.717) is 25.6 Å². The number of likely N-dealkylation sites (tertiary alicyclic amines) is 1. The van der Waals surface area contributed by atoms with Crippen LogP contribution in [0.3, 0.4) is 0 Å². The molecule has 0 spiro atoms. The van der Waals surface area contributed by atoms with Crippen molar-refractivity contribution in [3.8, 4) is 0 Å². The van der Waals surface area contributed by atoms with Crippen LogP contribution in [0.4, 0.5) is 22.2 Å². The van der Waals surface area contributed by atoms with Gasteiger partial charge in [0.05, 0.1) is 6.61 Å².